The molecule has 0 N–H and O–H groups in total. The summed E-state index contributed by atoms with van der Waals surface area (Å²) in [5, 5.41) is 0. The standard InChI is InChI=1S/C11H17NO/c1-11(4-5-11)10(13)12-6-9(7-12)8-2-3-8/h8-9H,2-7H2,1H3. The smallest absolute Gasteiger partial charge is 0.228 e. The molecular weight excluding hydrogens is 162 g/mol. The Morgan fingerprint density at radius 3 is 2.31 bits per heavy atom. The van der Waals surface area contributed by atoms with Crippen molar-refractivity contribution in [2.75, 3.05) is 13.1 Å². The fourth-order valence-electron chi connectivity index (χ4n) is 2.33. The van der Waals surface area contributed by atoms with E-state index in [0.29, 0.717) is 5.91 Å². The molecule has 0 bridgehead atoms. The van der Waals surface area contributed by atoms with E-state index in [4.69, 9.17) is 0 Å². The Balaban J connectivity index is 1.55. The Bertz CT molecular complexity index is 247. The molecule has 0 unspecified atom stereocenters. The first-order chi connectivity index (χ1) is 6.19. The summed E-state index contributed by atoms with van der Waals surface area (Å²) >= 11 is 0. The highest BCUT2D eigenvalue weighted by atomic mass is 16.2. The average Bonchev–Trinajstić information content (AvgIpc) is 2.81. The van der Waals surface area contributed by atoms with Crippen molar-refractivity contribution in [2.24, 2.45) is 17.3 Å². The molecule has 0 atom stereocenters. The van der Waals surface area contributed by atoms with Gasteiger partial charge in [-0.3, -0.25) is 4.79 Å². The summed E-state index contributed by atoms with van der Waals surface area (Å²) in [6.45, 7) is 4.25. The van der Waals surface area contributed by atoms with E-state index in [9.17, 15) is 4.79 Å². The van der Waals surface area contributed by atoms with Crippen LogP contribution in [0.15, 0.2) is 0 Å². The maximum Gasteiger partial charge on any atom is 0.228 e. The molecule has 0 radical (unpaired) electrons. The van der Waals surface area contributed by atoms with E-state index >= 15 is 0 Å². The van der Waals surface area contributed by atoms with Crippen LogP contribution in [0.25, 0.3) is 0 Å². The van der Waals surface area contributed by atoms with Crippen LogP contribution >= 0.6 is 0 Å². The van der Waals surface area contributed by atoms with Gasteiger partial charge in [0.2, 0.25) is 5.91 Å². The van der Waals surface area contributed by atoms with Gasteiger partial charge in [-0.25, -0.2) is 0 Å². The summed E-state index contributed by atoms with van der Waals surface area (Å²) < 4.78 is 0. The summed E-state index contributed by atoms with van der Waals surface area (Å²) in [5.41, 5.74) is 0.0640. The van der Waals surface area contributed by atoms with Crippen molar-refractivity contribution >= 4 is 5.91 Å². The Hall–Kier alpha value is -0.530. The minimum absolute atomic E-state index is 0.0640. The van der Waals surface area contributed by atoms with Gasteiger partial charge in [0.15, 0.2) is 0 Å². The molecule has 1 aliphatic heterocycles. The molecule has 72 valence electrons. The lowest BCUT2D eigenvalue weighted by Crippen LogP contribution is -2.52. The van der Waals surface area contributed by atoms with Crippen molar-refractivity contribution in [1.82, 2.24) is 4.90 Å². The van der Waals surface area contributed by atoms with E-state index in [-0.39, 0.29) is 5.41 Å². The van der Waals surface area contributed by atoms with Gasteiger partial charge in [0.1, 0.15) is 0 Å². The van der Waals surface area contributed by atoms with Crippen LogP contribution < -0.4 is 0 Å². The largest absolute Gasteiger partial charge is 0.342 e. The van der Waals surface area contributed by atoms with Crippen molar-refractivity contribution in [3.8, 4) is 0 Å². The van der Waals surface area contributed by atoms with Crippen molar-refractivity contribution in [2.45, 2.75) is 32.6 Å². The average molecular weight is 179 g/mol. The summed E-state index contributed by atoms with van der Waals surface area (Å²) in [5.74, 6) is 2.28. The fraction of sp³-hybridized carbons (Fsp3) is 0.909. The molecule has 3 fully saturated rings. The molecule has 1 amide bonds. The fourth-order valence-corrected chi connectivity index (χ4v) is 2.33. The molecule has 0 aromatic heterocycles. The predicted octanol–water partition coefficient (Wildman–Crippen LogP) is 1.65. The molecule has 0 aromatic carbocycles. The van der Waals surface area contributed by atoms with E-state index in [0.717, 1.165) is 37.8 Å². The first-order valence-corrected chi connectivity index (χ1v) is 5.48. The van der Waals surface area contributed by atoms with Gasteiger partial charge in [-0.15, -0.1) is 0 Å². The minimum Gasteiger partial charge on any atom is -0.342 e. The van der Waals surface area contributed by atoms with Crippen molar-refractivity contribution in [1.29, 1.82) is 0 Å². The third-order valence-corrected chi connectivity index (χ3v) is 4.00. The summed E-state index contributed by atoms with van der Waals surface area (Å²) in [6.07, 6.45) is 5.08. The number of rotatable bonds is 2. The van der Waals surface area contributed by atoms with Gasteiger partial charge >= 0.3 is 0 Å². The molecule has 2 saturated carbocycles. The second-order valence-corrected chi connectivity index (χ2v) is 5.37. The van der Waals surface area contributed by atoms with Gasteiger partial charge in [0.25, 0.3) is 0 Å². The van der Waals surface area contributed by atoms with E-state index in [2.05, 4.69) is 11.8 Å². The SMILES string of the molecule is CC1(C(=O)N2CC(C3CC3)C2)CC1. The summed E-state index contributed by atoms with van der Waals surface area (Å²) in [7, 11) is 0. The van der Waals surface area contributed by atoms with Gasteiger partial charge in [-0.2, -0.15) is 0 Å². The number of hydrogen-bond acceptors (Lipinski definition) is 1. The number of hydrogen-bond donors (Lipinski definition) is 0. The van der Waals surface area contributed by atoms with Crippen molar-refractivity contribution in [3.63, 3.8) is 0 Å². The highest BCUT2D eigenvalue weighted by Gasteiger charge is 2.51. The predicted molar refractivity (Wildman–Crippen MR) is 50.1 cm³/mol. The molecule has 0 aromatic rings. The minimum atomic E-state index is 0.0640. The zero-order valence-electron chi connectivity index (χ0n) is 8.25. The maximum atomic E-state index is 11.8. The van der Waals surface area contributed by atoms with Crippen LogP contribution in [-0.2, 0) is 4.79 Å². The Kier molecular flexibility index (Phi) is 1.38. The zero-order valence-corrected chi connectivity index (χ0v) is 8.25. The normalized spacial score (nSPS) is 31.3. The van der Waals surface area contributed by atoms with Crippen molar-refractivity contribution in [3.05, 3.63) is 0 Å². The number of likely N-dealkylation sites (tertiary alicyclic amines) is 1. The second-order valence-electron chi connectivity index (χ2n) is 5.37. The van der Waals surface area contributed by atoms with E-state index in [1.165, 1.54) is 12.8 Å². The topological polar surface area (TPSA) is 20.3 Å². The van der Waals surface area contributed by atoms with Crippen LogP contribution in [0.3, 0.4) is 0 Å². The van der Waals surface area contributed by atoms with Gasteiger partial charge in [0, 0.05) is 18.5 Å². The Morgan fingerprint density at radius 1 is 1.23 bits per heavy atom. The molecule has 1 heterocycles. The first-order valence-electron chi connectivity index (χ1n) is 5.48. The number of amides is 1. The second kappa shape index (κ2) is 2.28. The maximum absolute atomic E-state index is 11.8. The van der Waals surface area contributed by atoms with Crippen LogP contribution in [0.4, 0.5) is 0 Å². The molecular formula is C11H17NO. The number of carbonyl (C=O) groups is 1. The van der Waals surface area contributed by atoms with E-state index in [1.54, 1.807) is 0 Å². The van der Waals surface area contributed by atoms with Gasteiger partial charge in [0.05, 0.1) is 0 Å². The molecule has 13 heavy (non-hydrogen) atoms. The molecule has 3 aliphatic rings. The third-order valence-electron chi connectivity index (χ3n) is 4.00. The van der Waals surface area contributed by atoms with E-state index in [1.807, 2.05) is 0 Å². The van der Waals surface area contributed by atoms with E-state index < -0.39 is 0 Å². The molecule has 0 spiro atoms. The Labute approximate surface area is 79.3 Å². The third kappa shape index (κ3) is 1.18. The zero-order chi connectivity index (χ0) is 9.05. The van der Waals surface area contributed by atoms with Gasteiger partial charge < -0.3 is 4.90 Å². The summed E-state index contributed by atoms with van der Waals surface area (Å²) in [6, 6.07) is 0. The van der Waals surface area contributed by atoms with Crippen LogP contribution in [-0.4, -0.2) is 23.9 Å². The van der Waals surface area contributed by atoms with Crippen LogP contribution in [0.1, 0.15) is 32.6 Å². The van der Waals surface area contributed by atoms with Gasteiger partial charge in [-0.1, -0.05) is 6.92 Å². The Morgan fingerprint density at radius 2 is 1.85 bits per heavy atom. The molecule has 2 nitrogen and oxygen atoms in total. The lowest BCUT2D eigenvalue weighted by Gasteiger charge is -2.41. The van der Waals surface area contributed by atoms with Crippen LogP contribution in [0.5, 0.6) is 0 Å². The lowest BCUT2D eigenvalue weighted by molar-refractivity contribution is -0.143. The molecule has 3 rings (SSSR count). The van der Waals surface area contributed by atoms with Crippen LogP contribution in [0, 0.1) is 17.3 Å². The highest BCUT2D eigenvalue weighted by Crippen LogP contribution is 2.49. The molecule has 2 heteroatoms. The molecule has 1 saturated heterocycles. The van der Waals surface area contributed by atoms with Crippen LogP contribution in [0.2, 0.25) is 0 Å². The first kappa shape index (κ1) is 7.84. The van der Waals surface area contributed by atoms with Crippen molar-refractivity contribution < 1.29 is 4.79 Å². The highest BCUT2D eigenvalue weighted by molar-refractivity contribution is 5.85. The number of nitrogens with zero attached hydrogens (tertiary/aromatic N) is 1. The lowest BCUT2D eigenvalue weighted by atomic mass is 9.92. The quantitative estimate of drug-likeness (QED) is 0.631. The summed E-state index contributed by atoms with van der Waals surface area (Å²) in [4.78, 5) is 13.9. The van der Waals surface area contributed by atoms with Gasteiger partial charge in [-0.05, 0) is 37.5 Å². The monoisotopic (exact) mass is 179 g/mol. The molecule has 2 aliphatic carbocycles. The number of carbonyl (C=O) groups excluding carboxylic acids is 1.